The maximum absolute atomic E-state index is 11.7. The Balaban J connectivity index is 2.17. The molecule has 2 rings (SSSR count). The molecule has 0 amide bonds. The van der Waals surface area contributed by atoms with Crippen LogP contribution in [0.1, 0.15) is 23.3 Å². The highest BCUT2D eigenvalue weighted by Gasteiger charge is 2.26. The van der Waals surface area contributed by atoms with E-state index in [4.69, 9.17) is 4.74 Å². The minimum atomic E-state index is -0.280. The largest absolute Gasteiger partial charge is 0.370 e. The first-order valence-electron chi connectivity index (χ1n) is 4.29. The van der Waals surface area contributed by atoms with Crippen molar-refractivity contribution in [2.45, 2.75) is 18.9 Å². The van der Waals surface area contributed by atoms with E-state index < -0.39 is 0 Å². The van der Waals surface area contributed by atoms with Crippen molar-refractivity contribution in [1.82, 2.24) is 15.0 Å². The van der Waals surface area contributed by atoms with Crippen molar-refractivity contribution in [3.8, 4) is 0 Å². The summed E-state index contributed by atoms with van der Waals surface area (Å²) in [5, 5.41) is 7.35. The zero-order valence-electron chi connectivity index (χ0n) is 7.43. The molecular weight excluding hydrogens is 170 g/mol. The Kier molecular flexibility index (Phi) is 2.10. The average molecular weight is 181 g/mol. The molecule has 5 nitrogen and oxygen atoms in total. The summed E-state index contributed by atoms with van der Waals surface area (Å²) in [7, 11) is 1.70. The number of nitrogens with zero attached hydrogens (tertiary/aromatic N) is 3. The monoisotopic (exact) mass is 181 g/mol. The number of carbonyl (C=O) groups excluding carboxylic acids is 1. The average Bonchev–Trinajstić information content (AvgIpc) is 2.72. The van der Waals surface area contributed by atoms with Crippen molar-refractivity contribution in [3.05, 3.63) is 11.9 Å². The molecule has 1 atom stereocenters. The molecule has 0 bridgehead atoms. The fourth-order valence-electron chi connectivity index (χ4n) is 1.46. The predicted octanol–water partition coefficient (Wildman–Crippen LogP) is 0.177. The number of aryl methyl sites for hydroxylation is 1. The number of rotatable bonds is 2. The molecule has 0 radical (unpaired) electrons. The molecule has 1 aromatic heterocycles. The summed E-state index contributed by atoms with van der Waals surface area (Å²) in [6, 6.07) is 0. The number of ether oxygens (including phenoxy) is 1. The second-order valence-electron chi connectivity index (χ2n) is 3.11. The fourth-order valence-corrected chi connectivity index (χ4v) is 1.46. The van der Waals surface area contributed by atoms with Gasteiger partial charge in [0, 0.05) is 13.7 Å². The number of aromatic nitrogens is 3. The highest BCUT2D eigenvalue weighted by Crippen LogP contribution is 2.16. The number of hydrogen-bond acceptors (Lipinski definition) is 4. The van der Waals surface area contributed by atoms with E-state index >= 15 is 0 Å². The Morgan fingerprint density at radius 1 is 1.77 bits per heavy atom. The van der Waals surface area contributed by atoms with E-state index in [0.717, 1.165) is 12.8 Å². The standard InChI is InChI=1S/C8H11N3O2/c1-11-6(5-9-10-11)8(12)7-3-2-4-13-7/h5,7H,2-4H2,1H3. The van der Waals surface area contributed by atoms with Gasteiger partial charge >= 0.3 is 0 Å². The summed E-state index contributed by atoms with van der Waals surface area (Å²) < 4.78 is 6.75. The third-order valence-electron chi connectivity index (χ3n) is 2.19. The van der Waals surface area contributed by atoms with E-state index in [1.165, 1.54) is 10.9 Å². The Hall–Kier alpha value is -1.23. The van der Waals surface area contributed by atoms with Gasteiger partial charge in [-0.15, -0.1) is 5.10 Å². The SMILES string of the molecule is Cn1nncc1C(=O)C1CCCO1. The van der Waals surface area contributed by atoms with Crippen LogP contribution < -0.4 is 0 Å². The van der Waals surface area contributed by atoms with E-state index in [-0.39, 0.29) is 11.9 Å². The van der Waals surface area contributed by atoms with Gasteiger partial charge < -0.3 is 4.74 Å². The van der Waals surface area contributed by atoms with Crippen LogP contribution in [0.3, 0.4) is 0 Å². The van der Waals surface area contributed by atoms with E-state index in [1.807, 2.05) is 0 Å². The molecule has 1 saturated heterocycles. The number of Topliss-reactive ketones (excluding diaryl/α,β-unsaturated/α-hetero) is 1. The van der Waals surface area contributed by atoms with Crippen LogP contribution >= 0.6 is 0 Å². The van der Waals surface area contributed by atoms with E-state index in [0.29, 0.717) is 12.3 Å². The summed E-state index contributed by atoms with van der Waals surface area (Å²) in [6.45, 7) is 0.682. The molecule has 1 aromatic rings. The minimum absolute atomic E-state index is 0.00926. The van der Waals surface area contributed by atoms with Crippen molar-refractivity contribution < 1.29 is 9.53 Å². The van der Waals surface area contributed by atoms with Crippen LogP contribution in [0.4, 0.5) is 0 Å². The number of carbonyl (C=O) groups is 1. The maximum Gasteiger partial charge on any atom is 0.211 e. The van der Waals surface area contributed by atoms with Gasteiger partial charge in [-0.1, -0.05) is 5.21 Å². The molecule has 5 heteroatoms. The molecule has 0 saturated carbocycles. The summed E-state index contributed by atoms with van der Waals surface area (Å²) in [6.07, 6.45) is 2.97. The molecule has 70 valence electrons. The molecule has 1 aliphatic rings. The molecule has 1 aliphatic heterocycles. The topological polar surface area (TPSA) is 57.0 Å². The smallest absolute Gasteiger partial charge is 0.211 e. The zero-order chi connectivity index (χ0) is 9.26. The lowest BCUT2D eigenvalue weighted by Crippen LogP contribution is -2.22. The summed E-state index contributed by atoms with van der Waals surface area (Å²) in [4.78, 5) is 11.7. The van der Waals surface area contributed by atoms with Crippen LogP contribution in [0, 0.1) is 0 Å². The highest BCUT2D eigenvalue weighted by atomic mass is 16.5. The lowest BCUT2D eigenvalue weighted by Gasteiger charge is -2.06. The first-order valence-corrected chi connectivity index (χ1v) is 4.29. The lowest BCUT2D eigenvalue weighted by atomic mass is 10.1. The van der Waals surface area contributed by atoms with Gasteiger partial charge in [-0.3, -0.25) is 4.79 Å². The molecule has 1 unspecified atom stereocenters. The highest BCUT2D eigenvalue weighted by molar-refractivity contribution is 5.97. The molecule has 0 N–H and O–H groups in total. The van der Waals surface area contributed by atoms with Crippen molar-refractivity contribution in [1.29, 1.82) is 0 Å². The first kappa shape index (κ1) is 8.37. The first-order chi connectivity index (χ1) is 6.29. The molecule has 0 aliphatic carbocycles. The Morgan fingerprint density at radius 2 is 2.62 bits per heavy atom. The third-order valence-corrected chi connectivity index (χ3v) is 2.19. The van der Waals surface area contributed by atoms with Crippen molar-refractivity contribution >= 4 is 5.78 Å². The van der Waals surface area contributed by atoms with Gasteiger partial charge in [-0.25, -0.2) is 4.68 Å². The summed E-state index contributed by atoms with van der Waals surface area (Å²) >= 11 is 0. The Bertz CT molecular complexity index is 315. The van der Waals surface area contributed by atoms with E-state index in [9.17, 15) is 4.79 Å². The van der Waals surface area contributed by atoms with E-state index in [2.05, 4.69) is 10.3 Å². The van der Waals surface area contributed by atoms with Crippen LogP contribution in [-0.2, 0) is 11.8 Å². The van der Waals surface area contributed by atoms with Crippen molar-refractivity contribution in [3.63, 3.8) is 0 Å². The maximum atomic E-state index is 11.7. The molecular formula is C8H11N3O2. The Morgan fingerprint density at radius 3 is 3.15 bits per heavy atom. The van der Waals surface area contributed by atoms with Crippen LogP contribution in [0.2, 0.25) is 0 Å². The van der Waals surface area contributed by atoms with E-state index in [1.54, 1.807) is 7.05 Å². The van der Waals surface area contributed by atoms with Crippen LogP contribution in [0.15, 0.2) is 6.20 Å². The van der Waals surface area contributed by atoms with Gasteiger partial charge in [-0.05, 0) is 12.8 Å². The third kappa shape index (κ3) is 1.47. The minimum Gasteiger partial charge on any atom is -0.370 e. The Labute approximate surface area is 75.7 Å². The van der Waals surface area contributed by atoms with Crippen molar-refractivity contribution in [2.75, 3.05) is 6.61 Å². The van der Waals surface area contributed by atoms with Crippen LogP contribution in [0.25, 0.3) is 0 Å². The van der Waals surface area contributed by atoms with Gasteiger partial charge in [0.25, 0.3) is 0 Å². The molecule has 0 spiro atoms. The van der Waals surface area contributed by atoms with Gasteiger partial charge in [-0.2, -0.15) is 0 Å². The summed E-state index contributed by atoms with van der Waals surface area (Å²) in [5.41, 5.74) is 0.520. The van der Waals surface area contributed by atoms with Crippen molar-refractivity contribution in [2.24, 2.45) is 7.05 Å². The predicted molar refractivity (Wildman–Crippen MR) is 44.3 cm³/mol. The van der Waals surface area contributed by atoms with Crippen LogP contribution in [0.5, 0.6) is 0 Å². The van der Waals surface area contributed by atoms with Gasteiger partial charge in [0.2, 0.25) is 5.78 Å². The fraction of sp³-hybridized carbons (Fsp3) is 0.625. The normalized spacial score (nSPS) is 22.1. The quantitative estimate of drug-likeness (QED) is 0.610. The van der Waals surface area contributed by atoms with Gasteiger partial charge in [0.15, 0.2) is 0 Å². The molecule has 2 heterocycles. The molecule has 13 heavy (non-hydrogen) atoms. The van der Waals surface area contributed by atoms with Crippen LogP contribution in [-0.4, -0.2) is 33.5 Å². The van der Waals surface area contributed by atoms with Gasteiger partial charge in [0.1, 0.15) is 11.8 Å². The zero-order valence-corrected chi connectivity index (χ0v) is 7.43. The van der Waals surface area contributed by atoms with Gasteiger partial charge in [0.05, 0.1) is 6.20 Å². The lowest BCUT2D eigenvalue weighted by molar-refractivity contribution is 0.0633. The molecule has 1 fully saturated rings. The summed E-state index contributed by atoms with van der Waals surface area (Å²) in [5.74, 6) is -0.00926. The number of hydrogen-bond donors (Lipinski definition) is 0. The second kappa shape index (κ2) is 3.26. The molecule has 0 aromatic carbocycles. The second-order valence-corrected chi connectivity index (χ2v) is 3.11. The number of ketones is 1.